The van der Waals surface area contributed by atoms with Crippen LogP contribution < -0.4 is 0 Å². The minimum Gasteiger partial charge on any atom is -0.242 e. The molecule has 0 bridgehead atoms. The van der Waals surface area contributed by atoms with Gasteiger partial charge in [-0.15, -0.1) is 11.5 Å². The van der Waals surface area contributed by atoms with E-state index in [0.717, 1.165) is 0 Å². The average Bonchev–Trinajstić information content (AvgIpc) is 2.37. The number of tetrazole rings is 1. The van der Waals surface area contributed by atoms with Gasteiger partial charge in [0.05, 0.1) is 5.92 Å². The number of terminal acetylenes is 1. The molecule has 0 spiro atoms. The second-order valence-corrected chi connectivity index (χ2v) is 1.67. The fourth-order valence-electron chi connectivity index (χ4n) is 0.429. The molecule has 9 heavy (non-hydrogen) atoms. The van der Waals surface area contributed by atoms with Gasteiger partial charge in [-0.05, 0) is 17.4 Å². The lowest BCUT2D eigenvalue weighted by atomic mass is 10.2. The molecule has 0 amide bonds. The van der Waals surface area contributed by atoms with Crippen LogP contribution in [-0.2, 0) is 0 Å². The van der Waals surface area contributed by atoms with Crippen LogP contribution in [-0.4, -0.2) is 20.6 Å². The summed E-state index contributed by atoms with van der Waals surface area (Å²) >= 11 is 0. The van der Waals surface area contributed by atoms with Gasteiger partial charge in [0.1, 0.15) is 0 Å². The van der Waals surface area contributed by atoms with E-state index in [1.165, 1.54) is 0 Å². The summed E-state index contributed by atoms with van der Waals surface area (Å²) in [5.74, 6) is 3.10. The molecule has 1 atom stereocenters. The molecule has 1 aromatic heterocycles. The fraction of sp³-hybridized carbons (Fsp3) is 0.400. The Morgan fingerprint density at radius 1 is 1.78 bits per heavy atom. The molecule has 4 nitrogen and oxygen atoms in total. The fourth-order valence-corrected chi connectivity index (χ4v) is 0.429. The number of aromatic amines is 1. The molecule has 0 saturated carbocycles. The standard InChI is InChI=1S/C5H6N4/c1-3-4(2)5-6-8-9-7-5/h1,4H,2H3,(H,6,7,8,9). The van der Waals surface area contributed by atoms with Crippen molar-refractivity contribution in [2.45, 2.75) is 12.8 Å². The van der Waals surface area contributed by atoms with Crippen LogP contribution in [0.3, 0.4) is 0 Å². The van der Waals surface area contributed by atoms with Crippen molar-refractivity contribution in [3.63, 3.8) is 0 Å². The van der Waals surface area contributed by atoms with Gasteiger partial charge in [-0.2, -0.15) is 0 Å². The van der Waals surface area contributed by atoms with Crippen molar-refractivity contribution in [3.8, 4) is 12.3 Å². The third kappa shape index (κ3) is 1.05. The van der Waals surface area contributed by atoms with E-state index >= 15 is 0 Å². The highest BCUT2D eigenvalue weighted by Crippen LogP contribution is 2.03. The molecule has 1 N–H and O–H groups in total. The van der Waals surface area contributed by atoms with Crippen molar-refractivity contribution >= 4 is 0 Å². The van der Waals surface area contributed by atoms with E-state index in [1.54, 1.807) is 0 Å². The lowest BCUT2D eigenvalue weighted by Crippen LogP contribution is -1.91. The van der Waals surface area contributed by atoms with Gasteiger partial charge in [0.15, 0.2) is 5.82 Å². The Morgan fingerprint density at radius 3 is 3.00 bits per heavy atom. The number of hydrogen-bond donors (Lipinski definition) is 1. The van der Waals surface area contributed by atoms with E-state index in [0.29, 0.717) is 5.82 Å². The molecule has 1 unspecified atom stereocenters. The van der Waals surface area contributed by atoms with Gasteiger partial charge in [0, 0.05) is 0 Å². The highest BCUT2D eigenvalue weighted by Gasteiger charge is 2.03. The molecule has 1 heterocycles. The molecule has 1 rings (SSSR count). The molecule has 0 radical (unpaired) electrons. The van der Waals surface area contributed by atoms with Crippen molar-refractivity contribution in [1.82, 2.24) is 20.6 Å². The largest absolute Gasteiger partial charge is 0.242 e. The van der Waals surface area contributed by atoms with Gasteiger partial charge in [-0.25, -0.2) is 5.10 Å². The van der Waals surface area contributed by atoms with E-state index in [2.05, 4.69) is 26.5 Å². The Kier molecular flexibility index (Phi) is 1.45. The minimum atomic E-state index is -0.0278. The summed E-state index contributed by atoms with van der Waals surface area (Å²) in [6, 6.07) is 0. The number of hydrogen-bond acceptors (Lipinski definition) is 3. The number of aromatic nitrogens is 4. The Hall–Kier alpha value is -1.37. The molecule has 0 saturated heterocycles. The lowest BCUT2D eigenvalue weighted by molar-refractivity contribution is 0.873. The molecule has 0 fully saturated rings. The van der Waals surface area contributed by atoms with Gasteiger partial charge in [-0.3, -0.25) is 0 Å². The second kappa shape index (κ2) is 2.27. The minimum absolute atomic E-state index is 0.0278. The van der Waals surface area contributed by atoms with Gasteiger partial charge in [0.25, 0.3) is 0 Å². The maximum atomic E-state index is 5.10. The van der Waals surface area contributed by atoms with Crippen molar-refractivity contribution in [3.05, 3.63) is 5.82 Å². The number of nitrogens with zero attached hydrogens (tertiary/aromatic N) is 3. The summed E-state index contributed by atoms with van der Waals surface area (Å²) < 4.78 is 0. The predicted octanol–water partition coefficient (Wildman–Crippen LogP) is -0.0636. The highest BCUT2D eigenvalue weighted by molar-refractivity contribution is 5.07. The zero-order valence-electron chi connectivity index (χ0n) is 5.00. The molecule has 0 aliphatic heterocycles. The van der Waals surface area contributed by atoms with Crippen LogP contribution >= 0.6 is 0 Å². The summed E-state index contributed by atoms with van der Waals surface area (Å²) in [5, 5.41) is 13.0. The van der Waals surface area contributed by atoms with Crippen molar-refractivity contribution in [1.29, 1.82) is 0 Å². The Balaban J connectivity index is 2.80. The molecule has 46 valence electrons. The summed E-state index contributed by atoms with van der Waals surface area (Å²) in [4.78, 5) is 0. The third-order valence-corrected chi connectivity index (χ3v) is 1.02. The number of H-pyrrole nitrogens is 1. The molecular weight excluding hydrogens is 116 g/mol. The molecule has 4 heteroatoms. The second-order valence-electron chi connectivity index (χ2n) is 1.67. The van der Waals surface area contributed by atoms with Crippen LogP contribution in [0.15, 0.2) is 0 Å². The van der Waals surface area contributed by atoms with Crippen molar-refractivity contribution in [2.24, 2.45) is 0 Å². The molecule has 0 aliphatic rings. The van der Waals surface area contributed by atoms with Crippen LogP contribution in [0, 0.1) is 12.3 Å². The Morgan fingerprint density at radius 2 is 2.56 bits per heavy atom. The quantitative estimate of drug-likeness (QED) is 0.531. The maximum Gasteiger partial charge on any atom is 0.163 e. The first-order valence-electron chi connectivity index (χ1n) is 2.54. The van der Waals surface area contributed by atoms with E-state index < -0.39 is 0 Å². The highest BCUT2D eigenvalue weighted by atomic mass is 15.5. The first-order valence-corrected chi connectivity index (χ1v) is 2.54. The van der Waals surface area contributed by atoms with Gasteiger partial charge in [0.2, 0.25) is 0 Å². The van der Waals surface area contributed by atoms with Crippen LogP contribution in [0.1, 0.15) is 18.7 Å². The first kappa shape index (κ1) is 5.76. The van der Waals surface area contributed by atoms with Gasteiger partial charge in [-0.1, -0.05) is 5.92 Å². The van der Waals surface area contributed by atoms with E-state index in [-0.39, 0.29) is 5.92 Å². The number of nitrogens with one attached hydrogen (secondary N) is 1. The maximum absolute atomic E-state index is 5.10. The smallest absolute Gasteiger partial charge is 0.163 e. The monoisotopic (exact) mass is 122 g/mol. The topological polar surface area (TPSA) is 54.5 Å². The van der Waals surface area contributed by atoms with Crippen LogP contribution in [0.4, 0.5) is 0 Å². The Labute approximate surface area is 52.7 Å². The summed E-state index contributed by atoms with van der Waals surface area (Å²) in [6.07, 6.45) is 5.10. The summed E-state index contributed by atoms with van der Waals surface area (Å²) in [5.41, 5.74) is 0. The Bertz CT molecular complexity index is 207. The van der Waals surface area contributed by atoms with Crippen LogP contribution in [0.5, 0.6) is 0 Å². The van der Waals surface area contributed by atoms with E-state index in [9.17, 15) is 0 Å². The first-order chi connectivity index (χ1) is 4.34. The van der Waals surface area contributed by atoms with Gasteiger partial charge >= 0.3 is 0 Å². The zero-order chi connectivity index (χ0) is 6.69. The third-order valence-electron chi connectivity index (χ3n) is 1.02. The molecule has 0 aromatic carbocycles. The van der Waals surface area contributed by atoms with E-state index in [1.807, 2.05) is 6.92 Å². The van der Waals surface area contributed by atoms with Crippen molar-refractivity contribution < 1.29 is 0 Å². The van der Waals surface area contributed by atoms with Crippen molar-refractivity contribution in [2.75, 3.05) is 0 Å². The summed E-state index contributed by atoms with van der Waals surface area (Å²) in [6.45, 7) is 1.85. The molecule has 1 aromatic rings. The van der Waals surface area contributed by atoms with E-state index in [4.69, 9.17) is 6.42 Å². The zero-order valence-corrected chi connectivity index (χ0v) is 5.00. The van der Waals surface area contributed by atoms with Crippen LogP contribution in [0.2, 0.25) is 0 Å². The van der Waals surface area contributed by atoms with Crippen LogP contribution in [0.25, 0.3) is 0 Å². The number of rotatable bonds is 1. The average molecular weight is 122 g/mol. The van der Waals surface area contributed by atoms with Gasteiger partial charge < -0.3 is 0 Å². The predicted molar refractivity (Wildman–Crippen MR) is 31.4 cm³/mol. The molecular formula is C5H6N4. The normalized spacial score (nSPS) is 12.4. The lowest BCUT2D eigenvalue weighted by Gasteiger charge is -1.91. The molecule has 0 aliphatic carbocycles. The summed E-state index contributed by atoms with van der Waals surface area (Å²) in [7, 11) is 0. The SMILES string of the molecule is C#CC(C)c1nnn[nH]1.